The van der Waals surface area contributed by atoms with Gasteiger partial charge in [-0.15, -0.1) is 0 Å². The second kappa shape index (κ2) is 8.43. The first kappa shape index (κ1) is 19.2. The number of amides is 1. The van der Waals surface area contributed by atoms with Gasteiger partial charge in [0, 0.05) is 5.69 Å². The maximum Gasteiger partial charge on any atom is 0.340 e. The minimum Gasteiger partial charge on any atom is -0.462 e. The SMILES string of the molecule is CCOC(=O)C1=C(N)OC(C)=C(C(=O)Nc2ccccc2)[C@H]1c1ccccc1. The summed E-state index contributed by atoms with van der Waals surface area (Å²) in [6.07, 6.45) is 0. The van der Waals surface area contributed by atoms with Crippen molar-refractivity contribution in [1.29, 1.82) is 0 Å². The lowest BCUT2D eigenvalue weighted by molar-refractivity contribution is -0.139. The van der Waals surface area contributed by atoms with Gasteiger partial charge in [0.15, 0.2) is 0 Å². The van der Waals surface area contributed by atoms with E-state index in [2.05, 4.69) is 5.32 Å². The topological polar surface area (TPSA) is 90.7 Å². The molecule has 144 valence electrons. The number of benzene rings is 2. The van der Waals surface area contributed by atoms with E-state index < -0.39 is 11.9 Å². The molecule has 0 bridgehead atoms. The number of para-hydroxylation sites is 1. The summed E-state index contributed by atoms with van der Waals surface area (Å²) in [5.41, 5.74) is 7.85. The van der Waals surface area contributed by atoms with Gasteiger partial charge in [-0.05, 0) is 31.5 Å². The third kappa shape index (κ3) is 3.91. The zero-order valence-electron chi connectivity index (χ0n) is 15.8. The third-order valence-corrected chi connectivity index (χ3v) is 4.39. The zero-order chi connectivity index (χ0) is 20.1. The van der Waals surface area contributed by atoms with Crippen molar-refractivity contribution in [3.63, 3.8) is 0 Å². The van der Waals surface area contributed by atoms with Gasteiger partial charge in [-0.2, -0.15) is 0 Å². The number of allylic oxidation sites excluding steroid dienone is 1. The predicted molar refractivity (Wildman–Crippen MR) is 106 cm³/mol. The average molecular weight is 378 g/mol. The van der Waals surface area contributed by atoms with Gasteiger partial charge in [0.1, 0.15) is 11.3 Å². The minimum absolute atomic E-state index is 0.0546. The van der Waals surface area contributed by atoms with Gasteiger partial charge in [0.25, 0.3) is 5.91 Å². The number of nitrogens with two attached hydrogens (primary N) is 1. The van der Waals surface area contributed by atoms with E-state index in [-0.39, 0.29) is 24.0 Å². The molecule has 2 aromatic rings. The second-order valence-corrected chi connectivity index (χ2v) is 6.23. The molecule has 2 aromatic carbocycles. The Balaban J connectivity index is 2.06. The number of hydrogen-bond acceptors (Lipinski definition) is 5. The molecule has 28 heavy (non-hydrogen) atoms. The Labute approximate surface area is 163 Å². The summed E-state index contributed by atoms with van der Waals surface area (Å²) in [7, 11) is 0. The molecule has 0 radical (unpaired) electrons. The molecule has 0 saturated heterocycles. The molecule has 1 atom stereocenters. The van der Waals surface area contributed by atoms with Gasteiger partial charge in [-0.1, -0.05) is 48.5 Å². The summed E-state index contributed by atoms with van der Waals surface area (Å²) >= 11 is 0. The molecule has 1 heterocycles. The normalized spacial score (nSPS) is 16.4. The van der Waals surface area contributed by atoms with Crippen LogP contribution in [0, 0.1) is 0 Å². The first-order chi connectivity index (χ1) is 13.5. The number of nitrogens with one attached hydrogen (secondary N) is 1. The second-order valence-electron chi connectivity index (χ2n) is 6.23. The van der Waals surface area contributed by atoms with Crippen molar-refractivity contribution in [2.45, 2.75) is 19.8 Å². The van der Waals surface area contributed by atoms with Crippen LogP contribution in [-0.4, -0.2) is 18.5 Å². The number of ether oxygens (including phenoxy) is 2. The summed E-state index contributed by atoms with van der Waals surface area (Å²) < 4.78 is 10.7. The molecular weight excluding hydrogens is 356 g/mol. The van der Waals surface area contributed by atoms with Crippen molar-refractivity contribution < 1.29 is 19.1 Å². The molecule has 3 N–H and O–H groups in total. The predicted octanol–water partition coefficient (Wildman–Crippen LogP) is 3.45. The molecule has 6 heteroatoms. The minimum atomic E-state index is -0.697. The van der Waals surface area contributed by atoms with E-state index in [1.54, 1.807) is 26.0 Å². The lowest BCUT2D eigenvalue weighted by atomic mass is 9.82. The van der Waals surface area contributed by atoms with Crippen LogP contribution in [0.5, 0.6) is 0 Å². The van der Waals surface area contributed by atoms with E-state index in [0.717, 1.165) is 5.56 Å². The Hall–Kier alpha value is -3.54. The Morgan fingerprint density at radius 1 is 1.04 bits per heavy atom. The van der Waals surface area contributed by atoms with Crippen molar-refractivity contribution in [3.8, 4) is 0 Å². The molecule has 0 spiro atoms. The van der Waals surface area contributed by atoms with Crippen LogP contribution in [0.25, 0.3) is 0 Å². The van der Waals surface area contributed by atoms with Crippen LogP contribution < -0.4 is 11.1 Å². The lowest BCUT2D eigenvalue weighted by Crippen LogP contribution is -2.31. The third-order valence-electron chi connectivity index (χ3n) is 4.39. The highest BCUT2D eigenvalue weighted by Gasteiger charge is 2.39. The van der Waals surface area contributed by atoms with E-state index >= 15 is 0 Å². The van der Waals surface area contributed by atoms with Crippen LogP contribution in [0.15, 0.2) is 83.5 Å². The summed E-state index contributed by atoms with van der Waals surface area (Å²) in [5, 5.41) is 2.86. The van der Waals surface area contributed by atoms with Gasteiger partial charge in [-0.3, -0.25) is 4.79 Å². The molecule has 0 aromatic heterocycles. The van der Waals surface area contributed by atoms with Crippen molar-refractivity contribution in [2.24, 2.45) is 5.73 Å². The lowest BCUT2D eigenvalue weighted by Gasteiger charge is -2.29. The summed E-state index contributed by atoms with van der Waals surface area (Å²) in [6.45, 7) is 3.55. The number of carbonyl (C=O) groups is 2. The Kier molecular flexibility index (Phi) is 5.79. The van der Waals surface area contributed by atoms with Crippen LogP contribution in [0.1, 0.15) is 25.3 Å². The van der Waals surface area contributed by atoms with Crippen LogP contribution in [-0.2, 0) is 19.1 Å². The van der Waals surface area contributed by atoms with Gasteiger partial charge < -0.3 is 20.5 Å². The highest BCUT2D eigenvalue weighted by molar-refractivity contribution is 6.08. The Morgan fingerprint density at radius 3 is 2.25 bits per heavy atom. The quantitative estimate of drug-likeness (QED) is 0.778. The van der Waals surface area contributed by atoms with E-state index in [1.807, 2.05) is 48.5 Å². The average Bonchev–Trinajstić information content (AvgIpc) is 2.68. The number of hydrogen-bond donors (Lipinski definition) is 2. The molecule has 1 amide bonds. The molecule has 1 aliphatic heterocycles. The maximum absolute atomic E-state index is 13.1. The number of anilines is 1. The van der Waals surface area contributed by atoms with Gasteiger partial charge in [-0.25, -0.2) is 4.79 Å². The zero-order valence-corrected chi connectivity index (χ0v) is 15.8. The van der Waals surface area contributed by atoms with Gasteiger partial charge in [0.05, 0.1) is 18.1 Å². The molecule has 1 aliphatic rings. The van der Waals surface area contributed by atoms with Crippen molar-refractivity contribution >= 4 is 17.6 Å². The smallest absolute Gasteiger partial charge is 0.340 e. The molecule has 0 saturated carbocycles. The number of carbonyl (C=O) groups excluding carboxylic acids is 2. The fourth-order valence-electron chi connectivity index (χ4n) is 3.18. The van der Waals surface area contributed by atoms with E-state index in [0.29, 0.717) is 17.0 Å². The number of rotatable bonds is 5. The molecular formula is C22H22N2O4. The summed E-state index contributed by atoms with van der Waals surface area (Å²) in [5.74, 6) is -1.38. The maximum atomic E-state index is 13.1. The fraction of sp³-hybridized carbons (Fsp3) is 0.182. The van der Waals surface area contributed by atoms with Crippen molar-refractivity contribution in [1.82, 2.24) is 0 Å². The fourth-order valence-corrected chi connectivity index (χ4v) is 3.18. The summed E-state index contributed by atoms with van der Waals surface area (Å²) in [6, 6.07) is 18.3. The van der Waals surface area contributed by atoms with Gasteiger partial charge >= 0.3 is 5.97 Å². The Morgan fingerprint density at radius 2 is 1.64 bits per heavy atom. The standard InChI is InChI=1S/C22H22N2O4/c1-3-27-22(26)19-18(15-10-6-4-7-11-15)17(14(2)28-20(19)23)21(25)24-16-12-8-5-9-13-16/h4-13,18H,3,23H2,1-2H3,(H,24,25)/t18-/m1/s1. The molecule has 0 fully saturated rings. The van der Waals surface area contributed by atoms with Crippen molar-refractivity contribution in [2.75, 3.05) is 11.9 Å². The van der Waals surface area contributed by atoms with E-state index in [1.165, 1.54) is 0 Å². The highest BCUT2D eigenvalue weighted by atomic mass is 16.5. The summed E-state index contributed by atoms with van der Waals surface area (Å²) in [4.78, 5) is 25.8. The largest absolute Gasteiger partial charge is 0.462 e. The molecule has 0 aliphatic carbocycles. The van der Waals surface area contributed by atoms with Crippen molar-refractivity contribution in [3.05, 3.63) is 89.0 Å². The first-order valence-electron chi connectivity index (χ1n) is 8.99. The van der Waals surface area contributed by atoms with Crippen LogP contribution >= 0.6 is 0 Å². The molecule has 0 unspecified atom stereocenters. The molecule has 3 rings (SSSR count). The van der Waals surface area contributed by atoms with Crippen LogP contribution in [0.4, 0.5) is 5.69 Å². The van der Waals surface area contributed by atoms with E-state index in [9.17, 15) is 9.59 Å². The number of esters is 1. The Bertz CT molecular complexity index is 934. The van der Waals surface area contributed by atoms with Gasteiger partial charge in [0.2, 0.25) is 5.88 Å². The van der Waals surface area contributed by atoms with Crippen LogP contribution in [0.2, 0.25) is 0 Å². The highest BCUT2D eigenvalue weighted by Crippen LogP contribution is 2.40. The monoisotopic (exact) mass is 378 g/mol. The van der Waals surface area contributed by atoms with E-state index in [4.69, 9.17) is 15.2 Å². The first-order valence-corrected chi connectivity index (χ1v) is 8.99. The molecule has 6 nitrogen and oxygen atoms in total. The van der Waals surface area contributed by atoms with Crippen LogP contribution in [0.3, 0.4) is 0 Å².